The number of carbonyl (C=O) groups is 1. The monoisotopic (exact) mass is 577 g/mol. The van der Waals surface area contributed by atoms with Gasteiger partial charge in [-0.05, 0) is 44.4 Å². The molecular formula is C31H31N9O3. The molecule has 0 spiro atoms. The van der Waals surface area contributed by atoms with E-state index in [2.05, 4.69) is 25.2 Å². The molecule has 1 saturated heterocycles. The third-order valence-electron chi connectivity index (χ3n) is 7.51. The lowest BCUT2D eigenvalue weighted by Crippen LogP contribution is -2.56. The number of anilines is 3. The molecule has 2 bridgehead atoms. The predicted molar refractivity (Wildman–Crippen MR) is 163 cm³/mol. The maximum atomic E-state index is 12.9. The zero-order chi connectivity index (χ0) is 29.3. The van der Waals surface area contributed by atoms with Crippen molar-refractivity contribution < 1.29 is 14.3 Å². The van der Waals surface area contributed by atoms with E-state index >= 15 is 0 Å². The molecule has 12 nitrogen and oxygen atoms in total. The van der Waals surface area contributed by atoms with Crippen molar-refractivity contribution in [3.8, 4) is 17.2 Å². The van der Waals surface area contributed by atoms with E-state index in [4.69, 9.17) is 14.5 Å². The Hall–Kier alpha value is -5.23. The highest BCUT2D eigenvalue weighted by Gasteiger charge is 2.35. The molecule has 5 aromatic rings. The summed E-state index contributed by atoms with van der Waals surface area (Å²) < 4.78 is 14.2. The van der Waals surface area contributed by atoms with Gasteiger partial charge >= 0.3 is 0 Å². The fraction of sp³-hybridized carbons (Fsp3) is 0.258. The van der Waals surface area contributed by atoms with E-state index in [9.17, 15) is 4.79 Å². The van der Waals surface area contributed by atoms with Crippen molar-refractivity contribution >= 4 is 39.9 Å². The van der Waals surface area contributed by atoms with Crippen molar-refractivity contribution in [1.29, 1.82) is 0 Å². The van der Waals surface area contributed by atoms with Crippen LogP contribution in [-0.4, -0.2) is 93.0 Å². The summed E-state index contributed by atoms with van der Waals surface area (Å²) in [6.45, 7) is 3.01. The number of nitrogens with one attached hydrogen (secondary N) is 1. The van der Waals surface area contributed by atoms with Crippen LogP contribution < -0.4 is 19.7 Å². The van der Waals surface area contributed by atoms with Crippen molar-refractivity contribution in [3.05, 3.63) is 79.5 Å². The highest BCUT2D eigenvalue weighted by molar-refractivity contribution is 5.90. The first-order valence-electron chi connectivity index (χ1n) is 14.1. The number of rotatable bonds is 7. The average molecular weight is 578 g/mol. The number of likely N-dealkylation sites (N-methyl/N-ethyl adjacent to an activating group) is 1. The van der Waals surface area contributed by atoms with Crippen LogP contribution >= 0.6 is 0 Å². The second kappa shape index (κ2) is 11.2. The molecule has 2 aliphatic rings. The molecule has 0 radical (unpaired) electrons. The molecule has 1 amide bonds. The molecule has 6 heterocycles. The normalized spacial score (nSPS) is 16.4. The smallest absolute Gasteiger partial charge is 0.246 e. The van der Waals surface area contributed by atoms with E-state index in [0.717, 1.165) is 17.2 Å². The van der Waals surface area contributed by atoms with E-state index in [1.165, 1.54) is 6.33 Å². The van der Waals surface area contributed by atoms with Crippen molar-refractivity contribution in [3.63, 3.8) is 0 Å². The van der Waals surface area contributed by atoms with Gasteiger partial charge in [0.15, 0.2) is 17.4 Å². The van der Waals surface area contributed by atoms with E-state index < -0.39 is 0 Å². The Bertz CT molecular complexity index is 1820. The lowest BCUT2D eigenvalue weighted by atomic mass is 10.1. The topological polar surface area (TPSA) is 113 Å². The first kappa shape index (κ1) is 26.7. The zero-order valence-electron chi connectivity index (χ0n) is 23.9. The summed E-state index contributed by atoms with van der Waals surface area (Å²) in [7, 11) is 3.95. The summed E-state index contributed by atoms with van der Waals surface area (Å²) in [5.74, 6) is 3.41. The summed E-state index contributed by atoms with van der Waals surface area (Å²) in [5.41, 5.74) is 2.96. The van der Waals surface area contributed by atoms with Crippen molar-refractivity contribution in [2.45, 2.75) is 6.04 Å². The van der Waals surface area contributed by atoms with E-state index in [1.807, 2.05) is 89.2 Å². The van der Waals surface area contributed by atoms with E-state index in [-0.39, 0.29) is 11.9 Å². The van der Waals surface area contributed by atoms with Gasteiger partial charge in [-0.1, -0.05) is 6.08 Å². The van der Waals surface area contributed by atoms with E-state index in [0.29, 0.717) is 66.9 Å². The number of carbonyl (C=O) groups excluding carboxylic acids is 1. The number of pyridine rings is 2. The quantitative estimate of drug-likeness (QED) is 0.287. The predicted octanol–water partition coefficient (Wildman–Crippen LogP) is 3.74. The molecule has 1 unspecified atom stereocenters. The van der Waals surface area contributed by atoms with Crippen LogP contribution in [0.2, 0.25) is 0 Å². The SMILES string of the molecule is CN(C)C/C=C/C(=O)N1CCN2CC1COc1cc3ncnc(Nc4ccc(Oc5ccn6ccnc6c5)cc4)c3nc12. The number of fused-ring (bicyclic) bond motifs is 6. The van der Waals surface area contributed by atoms with Crippen LogP contribution in [0.5, 0.6) is 17.2 Å². The molecule has 2 aliphatic heterocycles. The summed E-state index contributed by atoms with van der Waals surface area (Å²) in [4.78, 5) is 37.3. The molecule has 0 saturated carbocycles. The fourth-order valence-corrected chi connectivity index (χ4v) is 5.34. The van der Waals surface area contributed by atoms with Crippen LogP contribution in [0.1, 0.15) is 0 Å². The lowest BCUT2D eigenvalue weighted by Gasteiger charge is -2.39. The summed E-state index contributed by atoms with van der Waals surface area (Å²) in [6, 6.07) is 13.3. The van der Waals surface area contributed by atoms with Crippen molar-refractivity contribution in [2.24, 2.45) is 0 Å². The van der Waals surface area contributed by atoms with Gasteiger partial charge in [-0.25, -0.2) is 19.9 Å². The number of amides is 1. The van der Waals surface area contributed by atoms with Gasteiger partial charge in [-0.2, -0.15) is 0 Å². The molecule has 0 aliphatic carbocycles. The minimum atomic E-state index is -0.0754. The Labute approximate surface area is 248 Å². The number of imidazole rings is 1. The van der Waals surface area contributed by atoms with Crippen molar-refractivity contribution in [1.82, 2.24) is 34.1 Å². The number of benzene rings is 1. The minimum absolute atomic E-state index is 0.00652. The first-order chi connectivity index (χ1) is 21.0. The average Bonchev–Trinajstić information content (AvgIpc) is 3.43. The molecule has 218 valence electrons. The van der Waals surface area contributed by atoms with Gasteiger partial charge in [0.1, 0.15) is 35.6 Å². The van der Waals surface area contributed by atoms with Crippen molar-refractivity contribution in [2.75, 3.05) is 57.1 Å². The summed E-state index contributed by atoms with van der Waals surface area (Å²) in [6.07, 6.45) is 10.6. The third-order valence-corrected chi connectivity index (χ3v) is 7.51. The highest BCUT2D eigenvalue weighted by atomic mass is 16.5. The first-order valence-corrected chi connectivity index (χ1v) is 14.1. The van der Waals surface area contributed by atoms with Gasteiger partial charge in [-0.3, -0.25) is 4.79 Å². The molecule has 4 aromatic heterocycles. The second-order valence-electron chi connectivity index (χ2n) is 10.8. The van der Waals surface area contributed by atoms with Gasteiger partial charge in [0.2, 0.25) is 5.91 Å². The van der Waals surface area contributed by atoms with Crippen LogP contribution in [0.4, 0.5) is 17.3 Å². The number of hydrogen-bond donors (Lipinski definition) is 1. The van der Waals surface area contributed by atoms with Crippen LogP contribution in [0, 0.1) is 0 Å². The summed E-state index contributed by atoms with van der Waals surface area (Å²) >= 11 is 0. The number of nitrogens with zero attached hydrogens (tertiary/aromatic N) is 8. The molecule has 12 heteroatoms. The van der Waals surface area contributed by atoms with Gasteiger partial charge in [0, 0.05) is 68.7 Å². The second-order valence-corrected chi connectivity index (χ2v) is 10.8. The van der Waals surface area contributed by atoms with Gasteiger partial charge in [-0.15, -0.1) is 0 Å². The molecule has 1 aromatic carbocycles. The Morgan fingerprint density at radius 3 is 2.84 bits per heavy atom. The third kappa shape index (κ3) is 5.52. The van der Waals surface area contributed by atoms with Gasteiger partial charge in [0.05, 0.1) is 11.6 Å². The summed E-state index contributed by atoms with van der Waals surface area (Å²) in [5, 5.41) is 3.38. The van der Waals surface area contributed by atoms with E-state index in [1.54, 1.807) is 12.3 Å². The lowest BCUT2D eigenvalue weighted by molar-refractivity contribution is -0.129. The van der Waals surface area contributed by atoms with Crippen LogP contribution in [-0.2, 0) is 4.79 Å². The molecule has 7 rings (SSSR count). The Kier molecular flexibility index (Phi) is 6.95. The Morgan fingerprint density at radius 2 is 1.98 bits per heavy atom. The van der Waals surface area contributed by atoms with Crippen LogP contribution in [0.15, 0.2) is 79.5 Å². The number of ether oxygens (including phenoxy) is 2. The molecule has 1 N–H and O–H groups in total. The number of aromatic nitrogens is 5. The van der Waals surface area contributed by atoms with Gasteiger partial charge < -0.3 is 33.9 Å². The minimum Gasteiger partial charge on any atom is -0.487 e. The van der Waals surface area contributed by atoms with Gasteiger partial charge in [0.25, 0.3) is 0 Å². The molecular weight excluding hydrogens is 546 g/mol. The Balaban J connectivity index is 1.08. The number of hydrogen-bond acceptors (Lipinski definition) is 10. The van der Waals surface area contributed by atoms with Crippen LogP contribution in [0.25, 0.3) is 16.7 Å². The van der Waals surface area contributed by atoms with Crippen LogP contribution in [0.3, 0.4) is 0 Å². The maximum absolute atomic E-state index is 12.9. The fourth-order valence-electron chi connectivity index (χ4n) is 5.34. The Morgan fingerprint density at radius 1 is 1.09 bits per heavy atom. The highest BCUT2D eigenvalue weighted by Crippen LogP contribution is 2.36. The molecule has 1 atom stereocenters. The standard InChI is InChI=1S/C31H31N9O3/c1-37(2)11-3-4-28(41)40-15-14-39-18-22(40)19-42-26-17-25-29(36-31(26)39)30(34-20-33-25)35-21-5-7-23(8-6-21)43-24-9-12-38-13-10-32-27(38)16-24/h3-10,12-13,16-17,20,22H,11,14-15,18-19H2,1-2H3,(H,33,34,35)/b4-3+. The maximum Gasteiger partial charge on any atom is 0.246 e. The zero-order valence-corrected chi connectivity index (χ0v) is 23.9. The largest absolute Gasteiger partial charge is 0.487 e. The molecule has 1 fully saturated rings. The molecule has 43 heavy (non-hydrogen) atoms. The number of piperazine rings is 1.